The number of H-pyrrole nitrogens is 1. The van der Waals surface area contributed by atoms with E-state index in [0.717, 1.165) is 38.4 Å². The van der Waals surface area contributed by atoms with Gasteiger partial charge < -0.3 is 19.8 Å². The zero-order valence-corrected chi connectivity index (χ0v) is 19.4. The second-order valence-electron chi connectivity index (χ2n) is 7.67. The van der Waals surface area contributed by atoms with Crippen LogP contribution >= 0.6 is 11.3 Å². The highest BCUT2D eigenvalue weighted by Gasteiger charge is 2.21. The molecule has 7 heteroatoms. The molecule has 0 fully saturated rings. The lowest BCUT2D eigenvalue weighted by molar-refractivity contribution is -0.141. The molecule has 4 rings (SSSR count). The lowest BCUT2D eigenvalue weighted by atomic mass is 10.0. The van der Waals surface area contributed by atoms with Crippen LogP contribution in [-0.4, -0.2) is 31.1 Å². The highest BCUT2D eigenvalue weighted by atomic mass is 32.1. The number of para-hydroxylation sites is 1. The molecule has 170 valence electrons. The zero-order valence-electron chi connectivity index (χ0n) is 18.6. The third kappa shape index (κ3) is 5.26. The average molecular weight is 463 g/mol. The molecule has 4 aromatic rings. The first-order valence-electron chi connectivity index (χ1n) is 10.7. The van der Waals surface area contributed by atoms with Crippen LogP contribution in [0.25, 0.3) is 22.2 Å². The van der Waals surface area contributed by atoms with Gasteiger partial charge in [0.1, 0.15) is 5.75 Å². The number of nitrogens with one attached hydrogen (secondary N) is 2. The first kappa shape index (κ1) is 22.6. The van der Waals surface area contributed by atoms with Gasteiger partial charge in [-0.1, -0.05) is 24.3 Å². The number of esters is 1. The highest BCUT2D eigenvalue weighted by molar-refractivity contribution is 7.10. The fourth-order valence-electron chi connectivity index (χ4n) is 3.93. The van der Waals surface area contributed by atoms with Crippen molar-refractivity contribution in [2.45, 2.75) is 25.3 Å². The topological polar surface area (TPSA) is 80.4 Å². The van der Waals surface area contributed by atoms with Gasteiger partial charge in [0.2, 0.25) is 5.91 Å². The van der Waals surface area contributed by atoms with E-state index in [0.29, 0.717) is 12.8 Å². The predicted octanol–water partition coefficient (Wildman–Crippen LogP) is 5.26. The minimum absolute atomic E-state index is 0.104. The molecule has 0 saturated carbocycles. The van der Waals surface area contributed by atoms with E-state index < -0.39 is 6.04 Å². The van der Waals surface area contributed by atoms with Gasteiger partial charge in [0.25, 0.3) is 0 Å². The first-order valence-corrected chi connectivity index (χ1v) is 11.6. The number of rotatable bonds is 9. The van der Waals surface area contributed by atoms with Gasteiger partial charge in [-0.25, -0.2) is 0 Å². The molecule has 2 heterocycles. The highest BCUT2D eigenvalue weighted by Crippen LogP contribution is 2.32. The number of aromatic amines is 1. The van der Waals surface area contributed by atoms with Crippen LogP contribution in [0.15, 0.2) is 66.0 Å². The molecule has 0 aliphatic heterocycles. The van der Waals surface area contributed by atoms with Crippen LogP contribution in [0.2, 0.25) is 0 Å². The molecule has 33 heavy (non-hydrogen) atoms. The maximum atomic E-state index is 12.9. The SMILES string of the molecule is COC(=O)CC(NC(=O)CCc1c(-c2ccc(OC)cc2)[nH]c2ccccc12)c1cccs1. The monoisotopic (exact) mass is 462 g/mol. The molecule has 1 unspecified atom stereocenters. The quantitative estimate of drug-likeness (QED) is 0.333. The summed E-state index contributed by atoms with van der Waals surface area (Å²) >= 11 is 1.51. The van der Waals surface area contributed by atoms with Crippen molar-refractivity contribution in [3.8, 4) is 17.0 Å². The zero-order chi connectivity index (χ0) is 23.2. The Morgan fingerprint density at radius 3 is 2.52 bits per heavy atom. The van der Waals surface area contributed by atoms with Gasteiger partial charge in [0, 0.05) is 27.9 Å². The number of aryl methyl sites for hydroxylation is 1. The van der Waals surface area contributed by atoms with E-state index in [-0.39, 0.29) is 18.3 Å². The van der Waals surface area contributed by atoms with Crippen LogP contribution in [0.1, 0.15) is 29.3 Å². The summed E-state index contributed by atoms with van der Waals surface area (Å²) in [5, 5.41) is 6.04. The summed E-state index contributed by atoms with van der Waals surface area (Å²) in [6, 6.07) is 19.4. The number of ether oxygens (including phenoxy) is 2. The van der Waals surface area contributed by atoms with Crippen molar-refractivity contribution < 1.29 is 19.1 Å². The van der Waals surface area contributed by atoms with Gasteiger partial charge >= 0.3 is 5.97 Å². The number of methoxy groups -OCH3 is 2. The summed E-state index contributed by atoms with van der Waals surface area (Å²) in [5.74, 6) is 0.330. The minimum atomic E-state index is -0.394. The second-order valence-corrected chi connectivity index (χ2v) is 8.65. The normalized spacial score (nSPS) is 11.8. The van der Waals surface area contributed by atoms with Crippen molar-refractivity contribution in [3.05, 3.63) is 76.5 Å². The number of hydrogen-bond donors (Lipinski definition) is 2. The molecule has 1 atom stereocenters. The van der Waals surface area contributed by atoms with Gasteiger partial charge in [0.05, 0.1) is 26.7 Å². The van der Waals surface area contributed by atoms with Crippen molar-refractivity contribution in [2.24, 2.45) is 0 Å². The van der Waals surface area contributed by atoms with Crippen molar-refractivity contribution >= 4 is 34.1 Å². The molecule has 6 nitrogen and oxygen atoms in total. The van der Waals surface area contributed by atoms with E-state index in [1.807, 2.05) is 60.0 Å². The van der Waals surface area contributed by atoms with Gasteiger partial charge in [-0.05, 0) is 59.3 Å². The van der Waals surface area contributed by atoms with E-state index >= 15 is 0 Å². The van der Waals surface area contributed by atoms with Crippen LogP contribution < -0.4 is 10.1 Å². The Morgan fingerprint density at radius 2 is 1.82 bits per heavy atom. The maximum absolute atomic E-state index is 12.9. The Balaban J connectivity index is 1.54. The largest absolute Gasteiger partial charge is 0.497 e. The fourth-order valence-corrected chi connectivity index (χ4v) is 4.71. The number of thiophene rings is 1. The molecular formula is C26H26N2O4S. The smallest absolute Gasteiger partial charge is 0.307 e. The molecule has 1 amide bonds. The Bertz CT molecular complexity index is 1230. The van der Waals surface area contributed by atoms with E-state index in [9.17, 15) is 9.59 Å². The van der Waals surface area contributed by atoms with Crippen LogP contribution in [0.3, 0.4) is 0 Å². The Morgan fingerprint density at radius 1 is 1.03 bits per heavy atom. The molecule has 0 radical (unpaired) electrons. The van der Waals surface area contributed by atoms with E-state index in [1.165, 1.54) is 18.4 Å². The number of hydrogen-bond acceptors (Lipinski definition) is 5. The predicted molar refractivity (Wildman–Crippen MR) is 130 cm³/mol. The van der Waals surface area contributed by atoms with Crippen LogP contribution in [0.4, 0.5) is 0 Å². The van der Waals surface area contributed by atoms with Crippen LogP contribution in [0, 0.1) is 0 Å². The summed E-state index contributed by atoms with van der Waals surface area (Å²) in [6.07, 6.45) is 0.966. The third-order valence-corrected chi connectivity index (χ3v) is 6.60. The van der Waals surface area contributed by atoms with Crippen molar-refractivity contribution in [2.75, 3.05) is 14.2 Å². The summed E-state index contributed by atoms with van der Waals surface area (Å²) in [5.41, 5.74) is 4.15. The van der Waals surface area contributed by atoms with Crippen molar-refractivity contribution in [1.82, 2.24) is 10.3 Å². The lowest BCUT2D eigenvalue weighted by Crippen LogP contribution is -2.30. The van der Waals surface area contributed by atoms with E-state index in [4.69, 9.17) is 9.47 Å². The number of carbonyl (C=O) groups is 2. The Kier molecular flexibility index (Phi) is 7.10. The van der Waals surface area contributed by atoms with Crippen molar-refractivity contribution in [3.63, 3.8) is 0 Å². The summed E-state index contributed by atoms with van der Waals surface area (Å²) in [4.78, 5) is 29.2. The summed E-state index contributed by atoms with van der Waals surface area (Å²) in [6.45, 7) is 0. The van der Waals surface area contributed by atoms with E-state index in [1.54, 1.807) is 7.11 Å². The molecule has 0 bridgehead atoms. The fraction of sp³-hybridized carbons (Fsp3) is 0.231. The summed E-state index contributed by atoms with van der Waals surface area (Å²) in [7, 11) is 3.00. The van der Waals surface area contributed by atoms with Gasteiger partial charge in [-0.15, -0.1) is 11.3 Å². The molecule has 0 aliphatic rings. The first-order chi connectivity index (χ1) is 16.1. The average Bonchev–Trinajstić information content (AvgIpc) is 3.50. The standard InChI is InChI=1S/C26H26N2O4S/c1-31-18-11-9-17(10-12-18)26-20(19-6-3-4-7-21(19)28-26)13-14-24(29)27-22(16-25(30)32-2)23-8-5-15-33-23/h3-12,15,22,28H,13-14,16H2,1-2H3,(H,27,29). The van der Waals surface area contributed by atoms with Gasteiger partial charge in [-0.2, -0.15) is 0 Å². The summed E-state index contributed by atoms with van der Waals surface area (Å²) < 4.78 is 10.1. The van der Waals surface area contributed by atoms with Crippen LogP contribution in [-0.2, 0) is 20.7 Å². The minimum Gasteiger partial charge on any atom is -0.497 e. The molecule has 2 aromatic heterocycles. The Hall–Kier alpha value is -3.58. The van der Waals surface area contributed by atoms with Gasteiger partial charge in [-0.3, -0.25) is 9.59 Å². The number of aromatic nitrogens is 1. The number of amides is 1. The third-order valence-electron chi connectivity index (χ3n) is 5.61. The Labute approximate surface area is 196 Å². The molecular weight excluding hydrogens is 436 g/mol. The number of benzene rings is 2. The molecule has 0 spiro atoms. The molecule has 2 N–H and O–H groups in total. The molecule has 0 aliphatic carbocycles. The molecule has 2 aromatic carbocycles. The number of carbonyl (C=O) groups excluding carboxylic acids is 2. The lowest BCUT2D eigenvalue weighted by Gasteiger charge is -2.16. The van der Waals surface area contributed by atoms with Gasteiger partial charge in [0.15, 0.2) is 0 Å². The van der Waals surface area contributed by atoms with Crippen LogP contribution in [0.5, 0.6) is 5.75 Å². The maximum Gasteiger partial charge on any atom is 0.307 e. The van der Waals surface area contributed by atoms with E-state index in [2.05, 4.69) is 16.4 Å². The molecule has 0 saturated heterocycles. The second kappa shape index (κ2) is 10.4. The number of fused-ring (bicyclic) bond motifs is 1. The van der Waals surface area contributed by atoms with Crippen molar-refractivity contribution in [1.29, 1.82) is 0 Å².